The summed E-state index contributed by atoms with van der Waals surface area (Å²) in [6, 6.07) is 6.26. The molecule has 3 rings (SSSR count). The van der Waals surface area contributed by atoms with Crippen LogP contribution in [0.2, 0.25) is 0 Å². The summed E-state index contributed by atoms with van der Waals surface area (Å²) in [6.45, 7) is 2.14. The lowest BCUT2D eigenvalue weighted by Crippen LogP contribution is -1.95. The van der Waals surface area contributed by atoms with Gasteiger partial charge in [-0.1, -0.05) is 18.2 Å². The van der Waals surface area contributed by atoms with Crippen LogP contribution in [0, 0.1) is 0 Å². The molecule has 0 radical (unpaired) electrons. The van der Waals surface area contributed by atoms with Crippen molar-refractivity contribution < 1.29 is 0 Å². The predicted octanol–water partition coefficient (Wildman–Crippen LogP) is 2.68. The Morgan fingerprint density at radius 3 is 2.89 bits per heavy atom. The van der Waals surface area contributed by atoms with Gasteiger partial charge in [0.25, 0.3) is 0 Å². The monoisotopic (exact) mass is 305 g/mol. The lowest BCUT2D eigenvalue weighted by atomic mass is 10.1. The summed E-state index contributed by atoms with van der Waals surface area (Å²) in [5, 5.41) is 7.92. The van der Waals surface area contributed by atoms with Crippen LogP contribution in [0.1, 0.15) is 12.5 Å². The Hall–Kier alpha value is -1.69. The molecule has 0 aliphatic heterocycles. The number of aromatic amines is 1. The molecular weight excluding hydrogens is 294 g/mol. The van der Waals surface area contributed by atoms with Crippen molar-refractivity contribution in [3.8, 4) is 11.5 Å². The third-order valence-electron chi connectivity index (χ3n) is 2.96. The van der Waals surface area contributed by atoms with Gasteiger partial charge in [-0.05, 0) is 40.0 Å². The van der Waals surface area contributed by atoms with Gasteiger partial charge in [0.15, 0.2) is 10.4 Å². The number of imidazole rings is 1. The number of halogens is 1. The normalized spacial score (nSPS) is 11.3. The third kappa shape index (κ3) is 1.73. The van der Waals surface area contributed by atoms with Crippen LogP contribution in [-0.4, -0.2) is 25.0 Å². The van der Waals surface area contributed by atoms with Crippen LogP contribution < -0.4 is 0 Å². The van der Waals surface area contributed by atoms with E-state index in [1.54, 1.807) is 4.68 Å². The quantitative estimate of drug-likeness (QED) is 0.792. The van der Waals surface area contributed by atoms with Gasteiger partial charge in [-0.3, -0.25) is 0 Å². The van der Waals surface area contributed by atoms with Crippen LogP contribution in [-0.2, 0) is 13.5 Å². The number of aromatic nitrogens is 5. The van der Waals surface area contributed by atoms with E-state index in [2.05, 4.69) is 55.3 Å². The summed E-state index contributed by atoms with van der Waals surface area (Å²) in [4.78, 5) is 7.88. The number of hydrogen-bond donors (Lipinski definition) is 1. The second-order valence-corrected chi connectivity index (χ2v) is 4.89. The molecule has 6 heteroatoms. The Kier molecular flexibility index (Phi) is 2.66. The Bertz CT molecular complexity index is 693. The first-order valence-corrected chi connectivity index (χ1v) is 6.52. The lowest BCUT2D eigenvalue weighted by Gasteiger charge is -1.95. The molecule has 3 aromatic rings. The molecule has 1 aromatic carbocycles. The fourth-order valence-corrected chi connectivity index (χ4v) is 2.49. The molecular formula is C12H12BrN5. The van der Waals surface area contributed by atoms with Gasteiger partial charge < -0.3 is 4.98 Å². The summed E-state index contributed by atoms with van der Waals surface area (Å²) in [7, 11) is 1.84. The highest BCUT2D eigenvalue weighted by molar-refractivity contribution is 9.10. The maximum Gasteiger partial charge on any atom is 0.159 e. The first-order valence-electron chi connectivity index (χ1n) is 5.73. The van der Waals surface area contributed by atoms with Crippen LogP contribution in [0.15, 0.2) is 22.8 Å². The molecule has 0 saturated heterocycles. The zero-order valence-electron chi connectivity index (χ0n) is 10.1. The smallest absolute Gasteiger partial charge is 0.159 e. The molecule has 0 aliphatic rings. The fraction of sp³-hybridized carbons (Fsp3) is 0.250. The third-order valence-corrected chi connectivity index (χ3v) is 3.50. The van der Waals surface area contributed by atoms with Crippen LogP contribution in [0.25, 0.3) is 22.6 Å². The first-order chi connectivity index (χ1) is 8.69. The zero-order chi connectivity index (χ0) is 12.7. The minimum Gasteiger partial charge on any atom is -0.337 e. The molecule has 0 spiro atoms. The standard InChI is InChI=1S/C12H12BrN5/c1-3-7-4-5-8-9(6-7)15-12(14-8)10-11(13)16-17-18(10)2/h4-6H,3H2,1-2H3,(H,14,15). The summed E-state index contributed by atoms with van der Waals surface area (Å²) >= 11 is 3.38. The molecule has 2 aromatic heterocycles. The van der Waals surface area contributed by atoms with Crippen LogP contribution in [0.3, 0.4) is 0 Å². The van der Waals surface area contributed by atoms with Gasteiger partial charge in [0, 0.05) is 7.05 Å². The van der Waals surface area contributed by atoms with E-state index in [4.69, 9.17) is 0 Å². The number of fused-ring (bicyclic) bond motifs is 1. The predicted molar refractivity (Wildman–Crippen MR) is 73.2 cm³/mol. The Morgan fingerprint density at radius 1 is 1.39 bits per heavy atom. The van der Waals surface area contributed by atoms with Gasteiger partial charge in [-0.25, -0.2) is 9.67 Å². The highest BCUT2D eigenvalue weighted by Crippen LogP contribution is 2.25. The van der Waals surface area contributed by atoms with E-state index < -0.39 is 0 Å². The molecule has 92 valence electrons. The van der Waals surface area contributed by atoms with Crippen molar-refractivity contribution in [2.45, 2.75) is 13.3 Å². The van der Waals surface area contributed by atoms with Gasteiger partial charge in [0.05, 0.1) is 11.0 Å². The van der Waals surface area contributed by atoms with Gasteiger partial charge >= 0.3 is 0 Å². The van der Waals surface area contributed by atoms with Gasteiger partial charge in [0.1, 0.15) is 5.69 Å². The molecule has 2 heterocycles. The number of nitrogens with one attached hydrogen (secondary N) is 1. The van der Waals surface area contributed by atoms with Crippen LogP contribution in [0.4, 0.5) is 0 Å². The number of rotatable bonds is 2. The van der Waals surface area contributed by atoms with E-state index in [9.17, 15) is 0 Å². The number of benzene rings is 1. The van der Waals surface area contributed by atoms with Gasteiger partial charge in [0.2, 0.25) is 0 Å². The maximum atomic E-state index is 4.57. The second-order valence-electron chi connectivity index (χ2n) is 4.14. The van der Waals surface area contributed by atoms with Crippen LogP contribution in [0.5, 0.6) is 0 Å². The molecule has 0 bridgehead atoms. The van der Waals surface area contributed by atoms with Gasteiger partial charge in [-0.2, -0.15) is 0 Å². The molecule has 0 saturated carbocycles. The average molecular weight is 306 g/mol. The van der Waals surface area contributed by atoms with Crippen LogP contribution >= 0.6 is 15.9 Å². The summed E-state index contributed by atoms with van der Waals surface area (Å²) in [5.41, 5.74) is 4.14. The average Bonchev–Trinajstić information content (AvgIpc) is 2.91. The topological polar surface area (TPSA) is 59.4 Å². The molecule has 0 aliphatic carbocycles. The molecule has 0 amide bonds. The fourth-order valence-electron chi connectivity index (χ4n) is 1.97. The van der Waals surface area contributed by atoms with Crippen molar-refractivity contribution >= 4 is 27.0 Å². The van der Waals surface area contributed by atoms with E-state index in [-0.39, 0.29) is 0 Å². The zero-order valence-corrected chi connectivity index (χ0v) is 11.7. The Labute approximate surface area is 112 Å². The molecule has 18 heavy (non-hydrogen) atoms. The lowest BCUT2D eigenvalue weighted by molar-refractivity contribution is 0.717. The van der Waals surface area contributed by atoms with Crippen molar-refractivity contribution in [3.63, 3.8) is 0 Å². The van der Waals surface area contributed by atoms with E-state index >= 15 is 0 Å². The number of nitrogens with zero attached hydrogens (tertiary/aromatic N) is 4. The summed E-state index contributed by atoms with van der Waals surface area (Å²) in [5.74, 6) is 0.776. The van der Waals surface area contributed by atoms with Crippen molar-refractivity contribution in [3.05, 3.63) is 28.4 Å². The van der Waals surface area contributed by atoms with Crippen molar-refractivity contribution in [1.29, 1.82) is 0 Å². The van der Waals surface area contributed by atoms with E-state index in [1.807, 2.05) is 13.1 Å². The minimum atomic E-state index is 0.694. The van der Waals surface area contributed by atoms with E-state index in [0.717, 1.165) is 29.0 Å². The Morgan fingerprint density at radius 2 is 2.22 bits per heavy atom. The molecule has 5 nitrogen and oxygen atoms in total. The van der Waals surface area contributed by atoms with Crippen molar-refractivity contribution in [2.75, 3.05) is 0 Å². The first kappa shape index (κ1) is 11.4. The summed E-state index contributed by atoms with van der Waals surface area (Å²) in [6.07, 6.45) is 1.02. The maximum absolute atomic E-state index is 4.57. The largest absolute Gasteiger partial charge is 0.337 e. The minimum absolute atomic E-state index is 0.694. The number of aryl methyl sites for hydroxylation is 2. The Balaban J connectivity index is 2.19. The van der Waals surface area contributed by atoms with Crippen molar-refractivity contribution in [2.24, 2.45) is 7.05 Å². The van der Waals surface area contributed by atoms with E-state index in [1.165, 1.54) is 5.56 Å². The van der Waals surface area contributed by atoms with E-state index in [0.29, 0.717) is 4.60 Å². The molecule has 0 atom stereocenters. The van der Waals surface area contributed by atoms with Gasteiger partial charge in [-0.15, -0.1) is 5.10 Å². The highest BCUT2D eigenvalue weighted by atomic mass is 79.9. The van der Waals surface area contributed by atoms with Crippen molar-refractivity contribution in [1.82, 2.24) is 25.0 Å². The second kappa shape index (κ2) is 4.20. The summed E-state index contributed by atoms with van der Waals surface area (Å²) < 4.78 is 2.39. The highest BCUT2D eigenvalue weighted by Gasteiger charge is 2.14. The number of H-pyrrole nitrogens is 1. The molecule has 0 fully saturated rings. The number of hydrogen-bond acceptors (Lipinski definition) is 3. The molecule has 1 N–H and O–H groups in total. The molecule has 0 unspecified atom stereocenters. The SMILES string of the molecule is CCc1ccc2nc(-c3c(Br)nnn3C)[nH]c2c1.